The molecule has 2 heterocycles. The number of carboxylic acids is 1. The Morgan fingerprint density at radius 2 is 2.07 bits per heavy atom. The highest BCUT2D eigenvalue weighted by Crippen LogP contribution is 2.40. The van der Waals surface area contributed by atoms with Gasteiger partial charge < -0.3 is 40.4 Å². The average molecular weight is 408 g/mol. The molecule has 10 nitrogen and oxygen atoms in total. The Morgan fingerprint density at radius 1 is 1.34 bits per heavy atom. The molecule has 3 rings (SSSR count). The molecule has 29 heavy (non-hydrogen) atoms. The predicted octanol–water partition coefficient (Wildman–Crippen LogP) is -0.743. The molecule has 1 atom stereocenters. The van der Waals surface area contributed by atoms with Crippen molar-refractivity contribution >= 4 is 19.0 Å². The van der Waals surface area contributed by atoms with Crippen LogP contribution in [0.1, 0.15) is 36.7 Å². The molecule has 0 spiro atoms. The fourth-order valence-corrected chi connectivity index (χ4v) is 3.44. The minimum atomic E-state index is -1.84. The van der Waals surface area contributed by atoms with Gasteiger partial charge in [-0.2, -0.15) is 0 Å². The van der Waals surface area contributed by atoms with Crippen LogP contribution in [0.25, 0.3) is 0 Å². The first-order valence-electron chi connectivity index (χ1n) is 9.53. The van der Waals surface area contributed by atoms with Crippen LogP contribution in [0.3, 0.4) is 0 Å². The normalized spacial score (nSPS) is 17.4. The highest BCUT2D eigenvalue weighted by atomic mass is 16.5. The number of benzene rings is 1. The van der Waals surface area contributed by atoms with E-state index in [-0.39, 0.29) is 48.3 Å². The van der Waals surface area contributed by atoms with Gasteiger partial charge in [-0.15, -0.1) is 0 Å². The number of nitrogens with two attached hydrogens (primary N) is 1. The number of fused-ring (bicyclic) bond motifs is 1. The second-order valence-corrected chi connectivity index (χ2v) is 7.39. The molecule has 0 unspecified atom stereocenters. The molecule has 2 aliphatic heterocycles. The summed E-state index contributed by atoms with van der Waals surface area (Å²) >= 11 is 0. The zero-order valence-electron chi connectivity index (χ0n) is 15.9. The Balaban J connectivity index is 1.57. The van der Waals surface area contributed by atoms with Crippen molar-refractivity contribution in [3.8, 4) is 11.5 Å². The van der Waals surface area contributed by atoms with Crippen molar-refractivity contribution < 1.29 is 39.3 Å². The summed E-state index contributed by atoms with van der Waals surface area (Å²) in [6, 6.07) is 2.87. The van der Waals surface area contributed by atoms with Gasteiger partial charge in [0.1, 0.15) is 17.6 Å². The summed E-state index contributed by atoms with van der Waals surface area (Å²) in [7, 11) is -1.02. The van der Waals surface area contributed by atoms with E-state index in [1.165, 1.54) is 0 Å². The molecule has 1 aromatic rings. The highest BCUT2D eigenvalue weighted by molar-refractivity contribution is 6.44. The highest BCUT2D eigenvalue weighted by Gasteiger charge is 2.35. The molecule has 1 fully saturated rings. The Morgan fingerprint density at radius 3 is 2.72 bits per heavy atom. The molecule has 0 aliphatic carbocycles. The minimum Gasteiger partial charge on any atom is -0.535 e. The number of amides is 1. The van der Waals surface area contributed by atoms with E-state index in [0.717, 1.165) is 5.56 Å². The van der Waals surface area contributed by atoms with Crippen molar-refractivity contribution in [2.24, 2.45) is 5.73 Å². The Labute approximate surface area is 168 Å². The van der Waals surface area contributed by atoms with Gasteiger partial charge in [0, 0.05) is 18.9 Å². The second kappa shape index (κ2) is 8.99. The van der Waals surface area contributed by atoms with Crippen molar-refractivity contribution in [2.45, 2.75) is 50.4 Å². The third-order valence-corrected chi connectivity index (χ3v) is 5.07. The number of aliphatic hydroxyl groups is 2. The van der Waals surface area contributed by atoms with E-state index < -0.39 is 25.4 Å². The SMILES string of the molecule is N[C@@H](CCC(=O)O)CC(=O)N1CC(Oc2ccc3c(c2C(O)O)OB(O)CC3)C1. The standard InChI is InChI=1S/C18H25BN2O8/c20-11(2-4-15(23)24)7-14(22)21-8-12(9-21)28-13-3-1-10-5-6-19(27)29-17(10)16(13)18(25)26/h1,3,11-12,18,25-27H,2,4-9,20H2,(H,23,24)/t11-/m0/s1. The van der Waals surface area contributed by atoms with Gasteiger partial charge in [-0.3, -0.25) is 9.59 Å². The largest absolute Gasteiger partial charge is 0.535 e. The van der Waals surface area contributed by atoms with Gasteiger partial charge in [-0.1, -0.05) is 6.07 Å². The molecule has 1 saturated heterocycles. The van der Waals surface area contributed by atoms with E-state index in [1.807, 2.05) is 0 Å². The summed E-state index contributed by atoms with van der Waals surface area (Å²) in [6.45, 7) is 0.623. The molecular formula is C18H25BN2O8. The maximum atomic E-state index is 12.2. The van der Waals surface area contributed by atoms with Crippen LogP contribution >= 0.6 is 0 Å². The van der Waals surface area contributed by atoms with E-state index in [2.05, 4.69) is 0 Å². The number of rotatable bonds is 8. The number of ether oxygens (including phenoxy) is 1. The number of nitrogens with zero attached hydrogens (tertiary/aromatic N) is 1. The van der Waals surface area contributed by atoms with Crippen molar-refractivity contribution in [3.63, 3.8) is 0 Å². The first kappa shape index (κ1) is 21.4. The molecule has 0 bridgehead atoms. The van der Waals surface area contributed by atoms with Crippen LogP contribution in [0.4, 0.5) is 0 Å². The van der Waals surface area contributed by atoms with Crippen LogP contribution in [-0.2, 0) is 16.0 Å². The Hall–Kier alpha value is -2.34. The lowest BCUT2D eigenvalue weighted by molar-refractivity contribution is -0.141. The monoisotopic (exact) mass is 408 g/mol. The van der Waals surface area contributed by atoms with Gasteiger partial charge >= 0.3 is 13.1 Å². The fourth-order valence-electron chi connectivity index (χ4n) is 3.44. The van der Waals surface area contributed by atoms with Crippen LogP contribution in [0, 0.1) is 0 Å². The molecule has 1 amide bonds. The number of carboxylic acid groups (broad SMARTS) is 1. The molecule has 11 heteroatoms. The van der Waals surface area contributed by atoms with Crippen LogP contribution < -0.4 is 15.1 Å². The van der Waals surface area contributed by atoms with Crippen molar-refractivity contribution in [1.29, 1.82) is 0 Å². The lowest BCUT2D eigenvalue weighted by Gasteiger charge is -2.40. The summed E-state index contributed by atoms with van der Waals surface area (Å²) < 4.78 is 11.2. The van der Waals surface area contributed by atoms with E-state index in [4.69, 9.17) is 20.2 Å². The number of aliphatic hydroxyl groups excluding tert-OH is 1. The first-order chi connectivity index (χ1) is 13.7. The number of carbonyl (C=O) groups is 2. The number of hydrogen-bond acceptors (Lipinski definition) is 8. The van der Waals surface area contributed by atoms with Gasteiger partial charge in [0.25, 0.3) is 0 Å². The van der Waals surface area contributed by atoms with Crippen molar-refractivity contribution in [3.05, 3.63) is 23.3 Å². The molecule has 158 valence electrons. The quantitative estimate of drug-likeness (QED) is 0.275. The summed E-state index contributed by atoms with van der Waals surface area (Å²) in [5, 5.41) is 37.9. The van der Waals surface area contributed by atoms with Crippen LogP contribution in [0.2, 0.25) is 6.32 Å². The molecule has 0 saturated carbocycles. The zero-order chi connectivity index (χ0) is 21.1. The molecule has 2 aliphatic rings. The number of aliphatic carboxylic acids is 1. The molecule has 0 aromatic heterocycles. The molecule has 0 radical (unpaired) electrons. The van der Waals surface area contributed by atoms with Crippen LogP contribution in [0.5, 0.6) is 11.5 Å². The third-order valence-electron chi connectivity index (χ3n) is 5.07. The number of carbonyl (C=O) groups excluding carboxylic acids is 1. The summed E-state index contributed by atoms with van der Waals surface area (Å²) in [5.41, 5.74) is 6.61. The Kier molecular flexibility index (Phi) is 6.63. The first-order valence-corrected chi connectivity index (χ1v) is 9.53. The lowest BCUT2D eigenvalue weighted by Crippen LogP contribution is -2.57. The van der Waals surface area contributed by atoms with Gasteiger partial charge in [0.2, 0.25) is 5.91 Å². The lowest BCUT2D eigenvalue weighted by atomic mass is 9.78. The summed E-state index contributed by atoms with van der Waals surface area (Å²) in [4.78, 5) is 24.3. The van der Waals surface area contributed by atoms with E-state index >= 15 is 0 Å². The summed E-state index contributed by atoms with van der Waals surface area (Å²) in [5.74, 6) is -0.688. The topological polar surface area (TPSA) is 163 Å². The van der Waals surface area contributed by atoms with Crippen molar-refractivity contribution in [1.82, 2.24) is 4.90 Å². The van der Waals surface area contributed by atoms with Gasteiger partial charge in [-0.05, 0) is 30.8 Å². The third kappa shape index (κ3) is 5.18. The predicted molar refractivity (Wildman–Crippen MR) is 101 cm³/mol. The van der Waals surface area contributed by atoms with Crippen LogP contribution in [0.15, 0.2) is 12.1 Å². The number of aryl methyl sites for hydroxylation is 1. The van der Waals surface area contributed by atoms with E-state index in [1.54, 1.807) is 17.0 Å². The molecule has 1 aromatic carbocycles. The average Bonchev–Trinajstić information content (AvgIpc) is 2.61. The minimum absolute atomic E-state index is 0.0571. The maximum absolute atomic E-state index is 12.2. The smallest absolute Gasteiger partial charge is 0.522 e. The van der Waals surface area contributed by atoms with Crippen LogP contribution in [-0.4, -0.2) is 69.5 Å². The second-order valence-electron chi connectivity index (χ2n) is 7.39. The maximum Gasteiger partial charge on any atom is 0.522 e. The van der Waals surface area contributed by atoms with Crippen molar-refractivity contribution in [2.75, 3.05) is 13.1 Å². The summed E-state index contributed by atoms with van der Waals surface area (Å²) in [6.07, 6.45) is -0.999. The van der Waals surface area contributed by atoms with Gasteiger partial charge in [0.05, 0.1) is 18.7 Å². The molecule has 6 N–H and O–H groups in total. The number of hydrogen-bond donors (Lipinski definition) is 5. The van der Waals surface area contributed by atoms with Gasteiger partial charge in [-0.25, -0.2) is 0 Å². The zero-order valence-corrected chi connectivity index (χ0v) is 15.9. The van der Waals surface area contributed by atoms with E-state index in [0.29, 0.717) is 25.8 Å². The number of likely N-dealkylation sites (tertiary alicyclic amines) is 1. The van der Waals surface area contributed by atoms with E-state index in [9.17, 15) is 24.8 Å². The molecular weight excluding hydrogens is 383 g/mol. The fraction of sp³-hybridized carbons (Fsp3) is 0.556. The van der Waals surface area contributed by atoms with Gasteiger partial charge in [0.15, 0.2) is 6.29 Å². The Bertz CT molecular complexity index is 768.